The van der Waals surface area contributed by atoms with Crippen LogP contribution >= 0.6 is 0 Å². The molecule has 1 aromatic heterocycles. The van der Waals surface area contributed by atoms with E-state index >= 15 is 0 Å². The zero-order valence-electron chi connectivity index (χ0n) is 21.7. The number of carbonyl (C=O) groups excluding carboxylic acids is 3. The molecular weight excluding hydrogens is 444 g/mol. The van der Waals surface area contributed by atoms with Gasteiger partial charge in [0.2, 0.25) is 6.79 Å². The predicted octanol–water partition coefficient (Wildman–Crippen LogP) is 4.04. The Balaban J connectivity index is 0. The molecule has 0 saturated heterocycles. The number of ether oxygens (including phenoxy) is 5. The third-order valence-electron chi connectivity index (χ3n) is 3.71. The van der Waals surface area contributed by atoms with Gasteiger partial charge in [0.05, 0.1) is 13.2 Å². The Morgan fingerprint density at radius 2 is 1.74 bits per heavy atom. The van der Waals surface area contributed by atoms with Gasteiger partial charge in [-0.3, -0.25) is 14.4 Å². The Kier molecular flexibility index (Phi) is 21.5. The molecular formula is C24H42N2O8. The number of nitrogens with two attached hydrogens (primary N) is 1. The van der Waals surface area contributed by atoms with Crippen LogP contribution in [0.2, 0.25) is 0 Å². The second-order valence-electron chi connectivity index (χ2n) is 7.09. The number of esters is 2. The van der Waals surface area contributed by atoms with E-state index in [0.717, 1.165) is 13.0 Å². The summed E-state index contributed by atoms with van der Waals surface area (Å²) >= 11 is 0. The number of hydrogen-bond donors (Lipinski definition) is 1. The first-order chi connectivity index (χ1) is 16.2. The van der Waals surface area contributed by atoms with Crippen molar-refractivity contribution in [3.63, 3.8) is 0 Å². The summed E-state index contributed by atoms with van der Waals surface area (Å²) in [5.74, 6) is -1.10. The van der Waals surface area contributed by atoms with Crippen molar-refractivity contribution in [3.05, 3.63) is 18.0 Å². The largest absolute Gasteiger partial charge is 0.493 e. The number of primary amides is 1. The number of unbranched alkanes of at least 4 members (excludes halogenated alkanes) is 2. The number of rotatable bonds is 13. The number of amides is 1. The SMILES string of the molecule is CCC.CCCCCOC(C)COC(=O)CC.COc1ccnc(C(N)=O)c1OCOC(C)=O. The second kappa shape index (κ2) is 21.9. The number of hydrogen-bond acceptors (Lipinski definition) is 9. The molecule has 10 nitrogen and oxygen atoms in total. The minimum atomic E-state index is -0.762. The summed E-state index contributed by atoms with van der Waals surface area (Å²) in [6.07, 6.45) is 6.54. The summed E-state index contributed by atoms with van der Waals surface area (Å²) in [6.45, 7) is 12.1. The maximum absolute atomic E-state index is 11.1. The quantitative estimate of drug-likeness (QED) is 0.249. The molecule has 0 aliphatic heterocycles. The van der Waals surface area contributed by atoms with Gasteiger partial charge in [-0.1, -0.05) is 47.0 Å². The van der Waals surface area contributed by atoms with E-state index in [1.165, 1.54) is 45.6 Å². The fourth-order valence-electron chi connectivity index (χ4n) is 2.07. The van der Waals surface area contributed by atoms with E-state index in [1.54, 1.807) is 6.92 Å². The summed E-state index contributed by atoms with van der Waals surface area (Å²) in [7, 11) is 1.40. The van der Waals surface area contributed by atoms with Gasteiger partial charge in [-0.05, 0) is 13.3 Å². The molecule has 1 aromatic rings. The van der Waals surface area contributed by atoms with Gasteiger partial charge in [0.25, 0.3) is 5.91 Å². The Labute approximate surface area is 203 Å². The van der Waals surface area contributed by atoms with Gasteiger partial charge < -0.3 is 29.4 Å². The van der Waals surface area contributed by atoms with Gasteiger partial charge in [-0.25, -0.2) is 4.98 Å². The highest BCUT2D eigenvalue weighted by Gasteiger charge is 2.16. The van der Waals surface area contributed by atoms with E-state index in [2.05, 4.69) is 30.5 Å². The van der Waals surface area contributed by atoms with E-state index in [1.807, 2.05) is 6.92 Å². The molecule has 1 unspecified atom stereocenters. The van der Waals surface area contributed by atoms with Crippen molar-refractivity contribution in [1.82, 2.24) is 4.98 Å². The number of aromatic nitrogens is 1. The molecule has 0 radical (unpaired) electrons. The topological polar surface area (TPSA) is 136 Å². The minimum Gasteiger partial charge on any atom is -0.493 e. The van der Waals surface area contributed by atoms with Crippen molar-refractivity contribution in [2.45, 2.75) is 79.8 Å². The highest BCUT2D eigenvalue weighted by molar-refractivity contribution is 5.94. The fourth-order valence-corrected chi connectivity index (χ4v) is 2.07. The van der Waals surface area contributed by atoms with Crippen LogP contribution in [-0.2, 0) is 23.8 Å². The number of pyridine rings is 1. The molecule has 1 rings (SSSR count). The summed E-state index contributed by atoms with van der Waals surface area (Å²) < 4.78 is 25.1. The maximum Gasteiger partial charge on any atom is 0.305 e. The van der Waals surface area contributed by atoms with Gasteiger partial charge >= 0.3 is 11.9 Å². The van der Waals surface area contributed by atoms with Gasteiger partial charge in [0.15, 0.2) is 17.2 Å². The normalized spacial score (nSPS) is 10.4. The highest BCUT2D eigenvalue weighted by Crippen LogP contribution is 2.29. The standard InChI is InChI=1S/C11H22O3.C10H12N2O5.C3H8/c1-4-6-7-8-13-10(3)9-14-11(12)5-2;1-6(13)16-5-17-9-7(15-2)3-4-12-8(9)10(11)14;1-3-2/h10H,4-9H2,1-3H3;3-4H,5H2,1-2H3,(H2,11,14);3H2,1-2H3. The Morgan fingerprint density at radius 3 is 2.24 bits per heavy atom. The molecule has 1 amide bonds. The van der Waals surface area contributed by atoms with Gasteiger partial charge in [0, 0.05) is 32.2 Å². The molecule has 0 aromatic carbocycles. The number of methoxy groups -OCH3 is 1. The van der Waals surface area contributed by atoms with Crippen LogP contribution in [0.3, 0.4) is 0 Å². The Bertz CT molecular complexity index is 698. The van der Waals surface area contributed by atoms with Crippen molar-refractivity contribution in [1.29, 1.82) is 0 Å². The lowest BCUT2D eigenvalue weighted by molar-refractivity contribution is -0.148. The molecule has 1 heterocycles. The molecule has 0 spiro atoms. The van der Waals surface area contributed by atoms with Gasteiger partial charge in [-0.2, -0.15) is 0 Å². The molecule has 0 saturated carbocycles. The average Bonchev–Trinajstić information content (AvgIpc) is 2.80. The Hall–Kier alpha value is -2.88. The number of nitrogens with zero attached hydrogens (tertiary/aromatic N) is 1. The monoisotopic (exact) mass is 486 g/mol. The lowest BCUT2D eigenvalue weighted by Crippen LogP contribution is -2.19. The highest BCUT2D eigenvalue weighted by atomic mass is 16.7. The first-order valence-corrected chi connectivity index (χ1v) is 11.5. The molecule has 196 valence electrons. The molecule has 0 aliphatic rings. The van der Waals surface area contributed by atoms with Crippen LogP contribution in [-0.4, -0.2) is 56.1 Å². The lowest BCUT2D eigenvalue weighted by Gasteiger charge is -2.12. The first kappa shape index (κ1) is 33.3. The van der Waals surface area contributed by atoms with Crippen molar-refractivity contribution in [2.75, 3.05) is 27.1 Å². The summed E-state index contributed by atoms with van der Waals surface area (Å²) in [4.78, 5) is 36.2. The third-order valence-corrected chi connectivity index (χ3v) is 3.71. The third kappa shape index (κ3) is 17.6. The van der Waals surface area contributed by atoms with Crippen LogP contribution < -0.4 is 15.2 Å². The molecule has 0 fully saturated rings. The zero-order valence-corrected chi connectivity index (χ0v) is 21.7. The van der Waals surface area contributed by atoms with Gasteiger partial charge in [-0.15, -0.1) is 0 Å². The van der Waals surface area contributed by atoms with E-state index in [4.69, 9.17) is 24.7 Å². The van der Waals surface area contributed by atoms with Crippen molar-refractivity contribution in [3.8, 4) is 11.5 Å². The molecule has 34 heavy (non-hydrogen) atoms. The first-order valence-electron chi connectivity index (χ1n) is 11.5. The molecule has 0 bridgehead atoms. The van der Waals surface area contributed by atoms with Crippen molar-refractivity contribution in [2.24, 2.45) is 5.73 Å². The van der Waals surface area contributed by atoms with Crippen molar-refractivity contribution >= 4 is 17.8 Å². The fraction of sp³-hybridized carbons (Fsp3) is 0.667. The van der Waals surface area contributed by atoms with E-state index in [-0.39, 0.29) is 36.1 Å². The predicted molar refractivity (Wildman–Crippen MR) is 129 cm³/mol. The summed E-state index contributed by atoms with van der Waals surface area (Å²) in [5, 5.41) is 0. The van der Waals surface area contributed by atoms with Crippen LogP contribution in [0.4, 0.5) is 0 Å². The second-order valence-corrected chi connectivity index (χ2v) is 7.09. The van der Waals surface area contributed by atoms with Crippen LogP contribution in [0.15, 0.2) is 12.3 Å². The zero-order chi connectivity index (χ0) is 26.4. The summed E-state index contributed by atoms with van der Waals surface area (Å²) in [6, 6.07) is 1.50. The molecule has 2 N–H and O–H groups in total. The Morgan fingerprint density at radius 1 is 1.09 bits per heavy atom. The van der Waals surface area contributed by atoms with E-state index in [9.17, 15) is 14.4 Å². The number of carbonyl (C=O) groups is 3. The average molecular weight is 487 g/mol. The lowest BCUT2D eigenvalue weighted by atomic mass is 10.3. The van der Waals surface area contributed by atoms with E-state index < -0.39 is 11.9 Å². The van der Waals surface area contributed by atoms with Crippen LogP contribution in [0.5, 0.6) is 11.5 Å². The molecule has 1 atom stereocenters. The van der Waals surface area contributed by atoms with Crippen LogP contribution in [0.25, 0.3) is 0 Å². The minimum absolute atomic E-state index is 0.0161. The van der Waals surface area contributed by atoms with Crippen molar-refractivity contribution < 1.29 is 38.1 Å². The smallest absolute Gasteiger partial charge is 0.305 e. The molecule has 10 heteroatoms. The maximum atomic E-state index is 11.1. The van der Waals surface area contributed by atoms with Crippen LogP contribution in [0.1, 0.15) is 84.1 Å². The summed E-state index contributed by atoms with van der Waals surface area (Å²) in [5.41, 5.74) is 5.04. The molecule has 0 aliphatic carbocycles. The van der Waals surface area contributed by atoms with E-state index in [0.29, 0.717) is 13.0 Å². The van der Waals surface area contributed by atoms with Crippen LogP contribution in [0, 0.1) is 0 Å². The van der Waals surface area contributed by atoms with Gasteiger partial charge in [0.1, 0.15) is 6.61 Å².